The smallest absolute Gasteiger partial charge is 0.351 e. The molecule has 6 heteroatoms. The standard InChI is InChI=1S/C14H19N5O/c1-9(2)8-15-12-17-13(19-14(20)18-12)16-11-6-4-10(3)5-7-11/h4-7,9H,8H2,1-3H3,(H3,15,16,17,18,19,20). The van der Waals surface area contributed by atoms with E-state index in [1.165, 1.54) is 5.56 Å². The highest BCUT2D eigenvalue weighted by molar-refractivity contribution is 5.54. The number of aryl methyl sites for hydroxylation is 1. The lowest BCUT2D eigenvalue weighted by Crippen LogP contribution is -2.19. The molecule has 0 saturated carbocycles. The van der Waals surface area contributed by atoms with Crippen molar-refractivity contribution in [2.24, 2.45) is 5.92 Å². The Morgan fingerprint density at radius 3 is 2.55 bits per heavy atom. The molecule has 1 heterocycles. The number of hydrogen-bond acceptors (Lipinski definition) is 5. The van der Waals surface area contributed by atoms with E-state index in [0.29, 0.717) is 24.4 Å². The predicted molar refractivity (Wildman–Crippen MR) is 80.4 cm³/mol. The molecule has 0 fully saturated rings. The first-order chi connectivity index (χ1) is 9.52. The zero-order chi connectivity index (χ0) is 14.5. The Labute approximate surface area is 117 Å². The lowest BCUT2D eigenvalue weighted by Gasteiger charge is -2.09. The van der Waals surface area contributed by atoms with Crippen LogP contribution < -0.4 is 16.3 Å². The van der Waals surface area contributed by atoms with Gasteiger partial charge in [0.15, 0.2) is 0 Å². The third-order valence-corrected chi connectivity index (χ3v) is 2.63. The lowest BCUT2D eigenvalue weighted by atomic mass is 10.2. The number of H-pyrrole nitrogens is 1. The summed E-state index contributed by atoms with van der Waals surface area (Å²) >= 11 is 0. The zero-order valence-corrected chi connectivity index (χ0v) is 11.9. The summed E-state index contributed by atoms with van der Waals surface area (Å²) in [5.74, 6) is 1.16. The Kier molecular flexibility index (Phi) is 4.34. The van der Waals surface area contributed by atoms with Crippen molar-refractivity contribution in [1.82, 2.24) is 15.0 Å². The summed E-state index contributed by atoms with van der Waals surface area (Å²) in [5.41, 5.74) is 1.60. The fourth-order valence-electron chi connectivity index (χ4n) is 1.59. The molecule has 6 nitrogen and oxygen atoms in total. The monoisotopic (exact) mass is 273 g/mol. The molecule has 1 aromatic heterocycles. The van der Waals surface area contributed by atoms with Crippen molar-refractivity contribution in [1.29, 1.82) is 0 Å². The molecule has 2 aromatic rings. The molecule has 0 radical (unpaired) electrons. The molecule has 0 atom stereocenters. The second kappa shape index (κ2) is 6.18. The first-order valence-electron chi connectivity index (χ1n) is 6.59. The van der Waals surface area contributed by atoms with Crippen LogP contribution in [-0.4, -0.2) is 21.5 Å². The minimum Gasteiger partial charge on any atom is -0.354 e. The zero-order valence-electron chi connectivity index (χ0n) is 11.9. The van der Waals surface area contributed by atoms with Gasteiger partial charge in [-0.3, -0.25) is 4.98 Å². The number of aromatic nitrogens is 3. The van der Waals surface area contributed by atoms with Gasteiger partial charge in [0.05, 0.1) is 0 Å². The number of anilines is 3. The molecule has 0 aliphatic carbocycles. The molecule has 2 rings (SSSR count). The van der Waals surface area contributed by atoms with Crippen LogP contribution in [-0.2, 0) is 0 Å². The maximum Gasteiger partial charge on any atom is 0.351 e. The van der Waals surface area contributed by atoms with Crippen LogP contribution in [0.25, 0.3) is 0 Å². The minimum absolute atomic E-state index is 0.331. The molecule has 0 spiro atoms. The minimum atomic E-state index is -0.430. The maximum atomic E-state index is 11.5. The van der Waals surface area contributed by atoms with Gasteiger partial charge in [-0.2, -0.15) is 9.97 Å². The summed E-state index contributed by atoms with van der Waals surface area (Å²) in [4.78, 5) is 22.1. The lowest BCUT2D eigenvalue weighted by molar-refractivity contribution is 0.683. The van der Waals surface area contributed by atoms with Crippen LogP contribution in [0.3, 0.4) is 0 Å². The van der Waals surface area contributed by atoms with Gasteiger partial charge in [-0.15, -0.1) is 0 Å². The molecule has 20 heavy (non-hydrogen) atoms. The number of hydrogen-bond donors (Lipinski definition) is 3. The third kappa shape index (κ3) is 4.08. The molecule has 3 N–H and O–H groups in total. The van der Waals surface area contributed by atoms with Crippen LogP contribution in [0.5, 0.6) is 0 Å². The van der Waals surface area contributed by atoms with E-state index in [0.717, 1.165) is 5.69 Å². The molecule has 106 valence electrons. The summed E-state index contributed by atoms with van der Waals surface area (Å²) in [6, 6.07) is 7.83. The molecule has 0 amide bonds. The average Bonchev–Trinajstić information content (AvgIpc) is 2.38. The maximum absolute atomic E-state index is 11.5. The van der Waals surface area contributed by atoms with Crippen molar-refractivity contribution in [2.75, 3.05) is 17.2 Å². The van der Waals surface area contributed by atoms with Crippen LogP contribution in [0.2, 0.25) is 0 Å². The normalized spacial score (nSPS) is 10.6. The highest BCUT2D eigenvalue weighted by Crippen LogP contribution is 2.13. The Morgan fingerprint density at radius 1 is 1.20 bits per heavy atom. The van der Waals surface area contributed by atoms with Crippen molar-refractivity contribution in [2.45, 2.75) is 20.8 Å². The molecule has 0 unspecified atom stereocenters. The van der Waals surface area contributed by atoms with Crippen LogP contribution in [0, 0.1) is 12.8 Å². The van der Waals surface area contributed by atoms with Crippen LogP contribution in [0.4, 0.5) is 17.6 Å². The third-order valence-electron chi connectivity index (χ3n) is 2.63. The number of rotatable bonds is 5. The van der Waals surface area contributed by atoms with E-state index in [1.807, 2.05) is 31.2 Å². The molecular weight excluding hydrogens is 254 g/mol. The first-order valence-corrected chi connectivity index (χ1v) is 6.59. The SMILES string of the molecule is Cc1ccc(Nc2nc(NCC(C)C)nc(=O)[nH]2)cc1. The van der Waals surface area contributed by atoms with Gasteiger partial charge in [0, 0.05) is 12.2 Å². The molecular formula is C14H19N5O. The molecule has 0 saturated heterocycles. The van der Waals surface area contributed by atoms with E-state index < -0.39 is 5.69 Å². The van der Waals surface area contributed by atoms with Crippen molar-refractivity contribution in [3.05, 3.63) is 40.3 Å². The van der Waals surface area contributed by atoms with E-state index in [1.54, 1.807) is 0 Å². The largest absolute Gasteiger partial charge is 0.354 e. The number of nitrogens with zero attached hydrogens (tertiary/aromatic N) is 2. The van der Waals surface area contributed by atoms with Crippen LogP contribution in [0.1, 0.15) is 19.4 Å². The van der Waals surface area contributed by atoms with Gasteiger partial charge in [-0.05, 0) is 25.0 Å². The van der Waals surface area contributed by atoms with E-state index >= 15 is 0 Å². The Bertz CT molecular complexity index is 618. The summed E-state index contributed by atoms with van der Waals surface area (Å²) in [6.07, 6.45) is 0. The van der Waals surface area contributed by atoms with Gasteiger partial charge in [-0.25, -0.2) is 4.79 Å². The Morgan fingerprint density at radius 2 is 1.90 bits per heavy atom. The highest BCUT2D eigenvalue weighted by atomic mass is 16.1. The molecule has 0 bridgehead atoms. The van der Waals surface area contributed by atoms with E-state index in [-0.39, 0.29) is 0 Å². The van der Waals surface area contributed by atoms with Crippen LogP contribution >= 0.6 is 0 Å². The quantitative estimate of drug-likeness (QED) is 0.778. The molecule has 0 aliphatic rings. The first kappa shape index (κ1) is 14.0. The number of benzene rings is 1. The van der Waals surface area contributed by atoms with Crippen molar-refractivity contribution in [3.8, 4) is 0 Å². The summed E-state index contributed by atoms with van der Waals surface area (Å²) in [5, 5.41) is 6.09. The van der Waals surface area contributed by atoms with Gasteiger partial charge in [0.25, 0.3) is 0 Å². The predicted octanol–water partition coefficient (Wildman–Crippen LogP) is 2.28. The van der Waals surface area contributed by atoms with Crippen LogP contribution in [0.15, 0.2) is 29.1 Å². The van der Waals surface area contributed by atoms with Gasteiger partial charge in [-0.1, -0.05) is 31.5 Å². The number of aromatic amines is 1. The second-order valence-corrected chi connectivity index (χ2v) is 5.09. The van der Waals surface area contributed by atoms with Crippen molar-refractivity contribution >= 4 is 17.6 Å². The van der Waals surface area contributed by atoms with E-state index in [2.05, 4.69) is 39.4 Å². The van der Waals surface area contributed by atoms with E-state index in [9.17, 15) is 4.79 Å². The topological polar surface area (TPSA) is 82.7 Å². The van der Waals surface area contributed by atoms with Gasteiger partial charge >= 0.3 is 5.69 Å². The fourth-order valence-corrected chi connectivity index (χ4v) is 1.59. The molecule has 1 aromatic carbocycles. The van der Waals surface area contributed by atoms with Gasteiger partial charge in [0.1, 0.15) is 0 Å². The average molecular weight is 273 g/mol. The molecule has 0 aliphatic heterocycles. The van der Waals surface area contributed by atoms with Gasteiger partial charge in [0.2, 0.25) is 11.9 Å². The summed E-state index contributed by atoms with van der Waals surface area (Å²) in [6.45, 7) is 6.88. The highest BCUT2D eigenvalue weighted by Gasteiger charge is 2.04. The van der Waals surface area contributed by atoms with Gasteiger partial charge < -0.3 is 10.6 Å². The summed E-state index contributed by atoms with van der Waals surface area (Å²) < 4.78 is 0. The van der Waals surface area contributed by atoms with E-state index in [4.69, 9.17) is 0 Å². The summed E-state index contributed by atoms with van der Waals surface area (Å²) in [7, 11) is 0. The van der Waals surface area contributed by atoms with Crippen molar-refractivity contribution < 1.29 is 0 Å². The Balaban J connectivity index is 2.15. The van der Waals surface area contributed by atoms with Crippen molar-refractivity contribution in [3.63, 3.8) is 0 Å². The number of nitrogens with one attached hydrogen (secondary N) is 3. The second-order valence-electron chi connectivity index (χ2n) is 5.09. The fraction of sp³-hybridized carbons (Fsp3) is 0.357. The Hall–Kier alpha value is -2.37.